The molecule has 0 aliphatic rings. The van der Waals surface area contributed by atoms with E-state index in [-0.39, 0.29) is 0 Å². The second-order valence-electron chi connectivity index (χ2n) is 3.84. The number of nitrogens with one attached hydrogen (secondary N) is 1. The molecule has 0 aliphatic carbocycles. The molecule has 1 rings (SSSR count). The largest absolute Gasteiger partial charge is 0.478 e. The topological polar surface area (TPSA) is 52.6 Å². The predicted molar refractivity (Wildman–Crippen MR) is 69.8 cm³/mol. The summed E-state index contributed by atoms with van der Waals surface area (Å²) in [7, 11) is 3.57. The Labute approximate surface area is 108 Å². The zero-order valence-electron chi connectivity index (χ0n) is 11.1. The number of pyridine rings is 1. The van der Waals surface area contributed by atoms with E-state index in [2.05, 4.69) is 10.3 Å². The average molecular weight is 254 g/mol. The van der Waals surface area contributed by atoms with Crippen molar-refractivity contribution in [2.45, 2.75) is 13.0 Å². The molecule has 0 fully saturated rings. The third kappa shape index (κ3) is 6.54. The maximum Gasteiger partial charge on any atom is 0.213 e. The summed E-state index contributed by atoms with van der Waals surface area (Å²) >= 11 is 0. The molecule has 0 saturated heterocycles. The fourth-order valence-electron chi connectivity index (χ4n) is 1.39. The Bertz CT molecular complexity index is 304. The number of nitrogens with zero attached hydrogens (tertiary/aromatic N) is 1. The fraction of sp³-hybridized carbons (Fsp3) is 0.615. The Balaban J connectivity index is 2.08. The van der Waals surface area contributed by atoms with Crippen LogP contribution in [0.15, 0.2) is 18.3 Å². The van der Waals surface area contributed by atoms with E-state index in [1.54, 1.807) is 7.11 Å². The maximum absolute atomic E-state index is 5.50. The summed E-state index contributed by atoms with van der Waals surface area (Å²) in [5.41, 5.74) is 1.15. The SMILES string of the molecule is CNCc1ccc(OCCCOCCOC)nc1. The number of hydrogen-bond donors (Lipinski definition) is 1. The van der Waals surface area contributed by atoms with Crippen LogP contribution in [0.3, 0.4) is 0 Å². The predicted octanol–water partition coefficient (Wildman–Crippen LogP) is 1.23. The molecule has 0 spiro atoms. The van der Waals surface area contributed by atoms with Gasteiger partial charge in [0.2, 0.25) is 5.88 Å². The molecular formula is C13H22N2O3. The molecule has 1 N–H and O–H groups in total. The summed E-state index contributed by atoms with van der Waals surface area (Å²) in [5, 5.41) is 3.07. The highest BCUT2D eigenvalue weighted by atomic mass is 16.5. The molecule has 0 unspecified atom stereocenters. The molecule has 102 valence electrons. The molecule has 5 heteroatoms. The summed E-state index contributed by atoms with van der Waals surface area (Å²) in [5.74, 6) is 0.659. The minimum Gasteiger partial charge on any atom is -0.478 e. The third-order valence-corrected chi connectivity index (χ3v) is 2.29. The van der Waals surface area contributed by atoms with Crippen LogP contribution in [0.4, 0.5) is 0 Å². The lowest BCUT2D eigenvalue weighted by Crippen LogP contribution is -2.08. The van der Waals surface area contributed by atoms with Crippen molar-refractivity contribution in [1.82, 2.24) is 10.3 Å². The first-order valence-corrected chi connectivity index (χ1v) is 6.16. The van der Waals surface area contributed by atoms with Crippen LogP contribution in [0.25, 0.3) is 0 Å². The molecule has 0 aliphatic heterocycles. The number of hydrogen-bond acceptors (Lipinski definition) is 5. The fourth-order valence-corrected chi connectivity index (χ4v) is 1.39. The van der Waals surface area contributed by atoms with Gasteiger partial charge in [0.1, 0.15) is 0 Å². The molecular weight excluding hydrogens is 232 g/mol. The van der Waals surface area contributed by atoms with Gasteiger partial charge in [0.15, 0.2) is 0 Å². The number of methoxy groups -OCH3 is 1. The standard InChI is InChI=1S/C13H22N2O3/c1-14-10-12-4-5-13(15-11-12)18-7-3-6-17-9-8-16-2/h4-5,11,14H,3,6-10H2,1-2H3. The molecule has 0 bridgehead atoms. The highest BCUT2D eigenvalue weighted by molar-refractivity contribution is 5.17. The summed E-state index contributed by atoms with van der Waals surface area (Å²) < 4.78 is 15.7. The Hall–Kier alpha value is -1.17. The summed E-state index contributed by atoms with van der Waals surface area (Å²) in [6, 6.07) is 3.90. The van der Waals surface area contributed by atoms with Crippen molar-refractivity contribution in [3.63, 3.8) is 0 Å². The summed E-state index contributed by atoms with van der Waals surface area (Å²) in [4.78, 5) is 4.22. The van der Waals surface area contributed by atoms with Crippen LogP contribution in [-0.4, -0.2) is 45.6 Å². The monoisotopic (exact) mass is 254 g/mol. The zero-order valence-corrected chi connectivity index (χ0v) is 11.1. The highest BCUT2D eigenvalue weighted by Gasteiger charge is 1.96. The van der Waals surface area contributed by atoms with E-state index in [9.17, 15) is 0 Å². The van der Waals surface area contributed by atoms with E-state index in [0.29, 0.717) is 32.3 Å². The van der Waals surface area contributed by atoms with Crippen molar-refractivity contribution in [2.75, 3.05) is 40.6 Å². The van der Waals surface area contributed by atoms with Crippen molar-refractivity contribution in [3.8, 4) is 5.88 Å². The first-order chi connectivity index (χ1) is 8.86. The molecule has 1 aromatic rings. The van der Waals surface area contributed by atoms with Crippen molar-refractivity contribution >= 4 is 0 Å². The van der Waals surface area contributed by atoms with Gasteiger partial charge in [-0.1, -0.05) is 6.07 Å². The van der Waals surface area contributed by atoms with E-state index in [1.807, 2.05) is 25.4 Å². The van der Waals surface area contributed by atoms with Crippen LogP contribution in [0.5, 0.6) is 5.88 Å². The molecule has 0 atom stereocenters. The Morgan fingerprint density at radius 3 is 2.72 bits per heavy atom. The molecule has 1 aromatic heterocycles. The van der Waals surface area contributed by atoms with Crippen molar-refractivity contribution in [2.24, 2.45) is 0 Å². The van der Waals surface area contributed by atoms with Gasteiger partial charge in [-0.25, -0.2) is 4.98 Å². The lowest BCUT2D eigenvalue weighted by molar-refractivity contribution is 0.0642. The summed E-state index contributed by atoms with van der Waals surface area (Å²) in [6.45, 7) is 3.38. The maximum atomic E-state index is 5.50. The second kappa shape index (κ2) is 9.82. The number of aromatic nitrogens is 1. The third-order valence-electron chi connectivity index (χ3n) is 2.29. The first-order valence-electron chi connectivity index (χ1n) is 6.16. The normalized spacial score (nSPS) is 10.6. The van der Waals surface area contributed by atoms with Crippen LogP contribution < -0.4 is 10.1 Å². The van der Waals surface area contributed by atoms with Gasteiger partial charge in [-0.3, -0.25) is 0 Å². The minimum atomic E-state index is 0.616. The van der Waals surface area contributed by atoms with Gasteiger partial charge in [0, 0.05) is 38.9 Å². The van der Waals surface area contributed by atoms with Gasteiger partial charge >= 0.3 is 0 Å². The molecule has 5 nitrogen and oxygen atoms in total. The molecule has 1 heterocycles. The minimum absolute atomic E-state index is 0.616. The Kier molecular flexibility index (Phi) is 8.12. The number of ether oxygens (including phenoxy) is 3. The van der Waals surface area contributed by atoms with Crippen molar-refractivity contribution in [1.29, 1.82) is 0 Å². The van der Waals surface area contributed by atoms with Crippen LogP contribution in [0.1, 0.15) is 12.0 Å². The van der Waals surface area contributed by atoms with E-state index in [0.717, 1.165) is 18.5 Å². The Morgan fingerprint density at radius 2 is 2.06 bits per heavy atom. The van der Waals surface area contributed by atoms with Gasteiger partial charge in [-0.15, -0.1) is 0 Å². The van der Waals surface area contributed by atoms with E-state index < -0.39 is 0 Å². The quantitative estimate of drug-likeness (QED) is 0.637. The molecule has 0 saturated carbocycles. The van der Waals surface area contributed by atoms with Crippen LogP contribution in [-0.2, 0) is 16.0 Å². The van der Waals surface area contributed by atoms with Gasteiger partial charge in [0.25, 0.3) is 0 Å². The van der Waals surface area contributed by atoms with Crippen molar-refractivity contribution in [3.05, 3.63) is 23.9 Å². The van der Waals surface area contributed by atoms with Crippen molar-refractivity contribution < 1.29 is 14.2 Å². The number of rotatable bonds is 10. The molecule has 18 heavy (non-hydrogen) atoms. The summed E-state index contributed by atoms with van der Waals surface area (Å²) in [6.07, 6.45) is 2.67. The van der Waals surface area contributed by atoms with Crippen LogP contribution in [0, 0.1) is 0 Å². The Morgan fingerprint density at radius 1 is 1.17 bits per heavy atom. The van der Waals surface area contributed by atoms with Gasteiger partial charge in [-0.2, -0.15) is 0 Å². The van der Waals surface area contributed by atoms with E-state index in [1.165, 1.54) is 0 Å². The highest BCUT2D eigenvalue weighted by Crippen LogP contribution is 2.07. The zero-order chi connectivity index (χ0) is 13.1. The van der Waals surface area contributed by atoms with Crippen LogP contribution in [0.2, 0.25) is 0 Å². The lowest BCUT2D eigenvalue weighted by Gasteiger charge is -2.06. The van der Waals surface area contributed by atoms with Gasteiger partial charge in [0.05, 0.1) is 19.8 Å². The van der Waals surface area contributed by atoms with Gasteiger partial charge < -0.3 is 19.5 Å². The van der Waals surface area contributed by atoms with E-state index >= 15 is 0 Å². The van der Waals surface area contributed by atoms with Crippen LogP contribution >= 0.6 is 0 Å². The van der Waals surface area contributed by atoms with E-state index in [4.69, 9.17) is 14.2 Å². The second-order valence-corrected chi connectivity index (χ2v) is 3.84. The van der Waals surface area contributed by atoms with Gasteiger partial charge in [-0.05, 0) is 12.6 Å². The smallest absolute Gasteiger partial charge is 0.213 e. The molecule has 0 radical (unpaired) electrons. The molecule has 0 amide bonds. The first kappa shape index (κ1) is 14.9. The lowest BCUT2D eigenvalue weighted by atomic mass is 10.3. The molecule has 0 aromatic carbocycles. The average Bonchev–Trinajstić information content (AvgIpc) is 2.40.